The highest BCUT2D eigenvalue weighted by atomic mass is 16.5. The van der Waals surface area contributed by atoms with E-state index in [0.717, 1.165) is 22.9 Å². The summed E-state index contributed by atoms with van der Waals surface area (Å²) in [7, 11) is 0. The summed E-state index contributed by atoms with van der Waals surface area (Å²) >= 11 is 0. The summed E-state index contributed by atoms with van der Waals surface area (Å²) in [6, 6.07) is 12.5. The minimum absolute atomic E-state index is 0.261. The van der Waals surface area contributed by atoms with Crippen molar-refractivity contribution in [1.29, 1.82) is 0 Å². The molecule has 29 heavy (non-hydrogen) atoms. The van der Waals surface area contributed by atoms with Gasteiger partial charge in [-0.05, 0) is 23.8 Å². The molecule has 4 rings (SSSR count). The van der Waals surface area contributed by atoms with Crippen LogP contribution in [-0.2, 0) is 16.0 Å². The zero-order valence-electron chi connectivity index (χ0n) is 16.2. The minimum atomic E-state index is -0.706. The molecule has 2 heterocycles. The lowest BCUT2D eigenvalue weighted by molar-refractivity contribution is -0.125. The van der Waals surface area contributed by atoms with Gasteiger partial charge < -0.3 is 25.1 Å². The second-order valence-electron chi connectivity index (χ2n) is 7.02. The molecule has 3 aromatic rings. The molecule has 1 aliphatic rings. The number of anilines is 1. The van der Waals surface area contributed by atoms with Crippen LogP contribution in [0.4, 0.5) is 5.69 Å². The van der Waals surface area contributed by atoms with Gasteiger partial charge in [-0.15, -0.1) is 0 Å². The van der Waals surface area contributed by atoms with E-state index in [0.29, 0.717) is 36.8 Å². The molecule has 3 N–H and O–H groups in total. The monoisotopic (exact) mass is 393 g/mol. The van der Waals surface area contributed by atoms with Crippen LogP contribution in [0.5, 0.6) is 11.5 Å². The molecule has 0 radical (unpaired) electrons. The molecular formula is C22H23N3O4. The Morgan fingerprint density at radius 3 is 2.72 bits per heavy atom. The summed E-state index contributed by atoms with van der Waals surface area (Å²) in [5.74, 6) is 0.717. The third-order valence-electron chi connectivity index (χ3n) is 4.81. The molecule has 1 unspecified atom stereocenters. The molecule has 0 saturated carbocycles. The van der Waals surface area contributed by atoms with Crippen molar-refractivity contribution in [3.05, 3.63) is 54.2 Å². The summed E-state index contributed by atoms with van der Waals surface area (Å²) in [4.78, 5) is 27.8. The lowest BCUT2D eigenvalue weighted by atomic mass is 10.0. The maximum atomic E-state index is 12.9. The van der Waals surface area contributed by atoms with E-state index in [9.17, 15) is 9.59 Å². The van der Waals surface area contributed by atoms with Crippen LogP contribution in [0.25, 0.3) is 10.9 Å². The Labute approximate surface area is 168 Å². The molecule has 7 nitrogen and oxygen atoms in total. The van der Waals surface area contributed by atoms with Crippen molar-refractivity contribution in [2.45, 2.75) is 25.8 Å². The van der Waals surface area contributed by atoms with Crippen molar-refractivity contribution in [2.24, 2.45) is 0 Å². The maximum absolute atomic E-state index is 12.9. The molecule has 1 atom stereocenters. The normalized spacial score (nSPS) is 14.1. The minimum Gasteiger partial charge on any atom is -0.490 e. The second-order valence-corrected chi connectivity index (χ2v) is 7.02. The first-order chi connectivity index (χ1) is 14.1. The molecule has 1 aliphatic heterocycles. The quantitative estimate of drug-likeness (QED) is 0.621. The molecule has 0 spiro atoms. The van der Waals surface area contributed by atoms with Gasteiger partial charge in [0.05, 0.1) is 13.2 Å². The van der Waals surface area contributed by atoms with Crippen LogP contribution in [0.3, 0.4) is 0 Å². The van der Waals surface area contributed by atoms with E-state index in [1.807, 2.05) is 30.5 Å². The Hall–Kier alpha value is -3.48. The average Bonchev–Trinajstić information content (AvgIpc) is 2.96. The number of hydrogen-bond acceptors (Lipinski definition) is 4. The highest BCUT2D eigenvalue weighted by Crippen LogP contribution is 2.32. The van der Waals surface area contributed by atoms with E-state index >= 15 is 0 Å². The maximum Gasteiger partial charge on any atom is 0.247 e. The second kappa shape index (κ2) is 8.26. The Kier molecular flexibility index (Phi) is 5.37. The molecule has 0 aliphatic carbocycles. The molecule has 150 valence electrons. The van der Waals surface area contributed by atoms with Crippen molar-refractivity contribution in [2.75, 3.05) is 18.5 Å². The molecule has 0 fully saturated rings. The number of amides is 2. The van der Waals surface area contributed by atoms with E-state index in [2.05, 4.69) is 15.6 Å². The van der Waals surface area contributed by atoms with Crippen molar-refractivity contribution >= 4 is 28.4 Å². The fraction of sp³-hybridized carbons (Fsp3) is 0.273. The third kappa shape index (κ3) is 4.34. The van der Waals surface area contributed by atoms with Gasteiger partial charge in [-0.25, -0.2) is 0 Å². The number of aromatic nitrogens is 1. The number of carbonyl (C=O) groups is 2. The van der Waals surface area contributed by atoms with E-state index < -0.39 is 6.04 Å². The lowest BCUT2D eigenvalue weighted by Crippen LogP contribution is -2.44. The Bertz CT molecular complexity index is 1040. The molecule has 7 heteroatoms. The van der Waals surface area contributed by atoms with Gasteiger partial charge in [-0.3, -0.25) is 9.59 Å². The van der Waals surface area contributed by atoms with Gasteiger partial charge >= 0.3 is 0 Å². The van der Waals surface area contributed by atoms with Crippen LogP contribution < -0.4 is 20.1 Å². The fourth-order valence-corrected chi connectivity index (χ4v) is 3.45. The number of carbonyl (C=O) groups excluding carboxylic acids is 2. The number of ether oxygens (including phenoxy) is 2. The van der Waals surface area contributed by atoms with Gasteiger partial charge in [0.25, 0.3) is 0 Å². The first-order valence-electron chi connectivity index (χ1n) is 9.63. The number of rotatable bonds is 5. The van der Waals surface area contributed by atoms with Gasteiger partial charge in [0, 0.05) is 48.6 Å². The SMILES string of the molecule is CC(=O)NC(Cc1c[nH]c2ccccc12)C(=O)Nc1ccc2c(c1)OCCCO2. The van der Waals surface area contributed by atoms with Gasteiger partial charge in [-0.1, -0.05) is 18.2 Å². The summed E-state index contributed by atoms with van der Waals surface area (Å²) in [5, 5.41) is 6.67. The number of hydrogen-bond donors (Lipinski definition) is 3. The van der Waals surface area contributed by atoms with Crippen LogP contribution in [0.2, 0.25) is 0 Å². The van der Waals surface area contributed by atoms with Gasteiger partial charge in [0.15, 0.2) is 11.5 Å². The number of nitrogens with one attached hydrogen (secondary N) is 3. The van der Waals surface area contributed by atoms with Crippen LogP contribution in [0.1, 0.15) is 18.9 Å². The van der Waals surface area contributed by atoms with Crippen LogP contribution >= 0.6 is 0 Å². The van der Waals surface area contributed by atoms with Crippen molar-refractivity contribution in [1.82, 2.24) is 10.3 Å². The average molecular weight is 393 g/mol. The standard InChI is InChI=1S/C22H23N3O4/c1-14(26)24-19(11-15-13-23-18-6-3-2-5-17(15)18)22(27)25-16-7-8-20-21(12-16)29-10-4-9-28-20/h2-3,5-8,12-13,19,23H,4,9-11H2,1H3,(H,24,26)(H,25,27). The van der Waals surface area contributed by atoms with E-state index in [1.54, 1.807) is 18.2 Å². The van der Waals surface area contributed by atoms with Gasteiger partial charge in [0.1, 0.15) is 6.04 Å². The Balaban J connectivity index is 1.53. The van der Waals surface area contributed by atoms with Gasteiger partial charge in [-0.2, -0.15) is 0 Å². The zero-order chi connectivity index (χ0) is 20.2. The number of benzene rings is 2. The summed E-state index contributed by atoms with van der Waals surface area (Å²) in [6.45, 7) is 2.58. The number of para-hydroxylation sites is 1. The molecule has 0 bridgehead atoms. The van der Waals surface area contributed by atoms with Crippen LogP contribution in [0.15, 0.2) is 48.7 Å². The Morgan fingerprint density at radius 1 is 1.10 bits per heavy atom. The number of aromatic amines is 1. The molecule has 2 amide bonds. The van der Waals surface area contributed by atoms with E-state index in [1.165, 1.54) is 6.92 Å². The smallest absolute Gasteiger partial charge is 0.247 e. The molecule has 2 aromatic carbocycles. The Morgan fingerprint density at radius 2 is 1.90 bits per heavy atom. The predicted octanol–water partition coefficient (Wildman–Crippen LogP) is 3.02. The fourth-order valence-electron chi connectivity index (χ4n) is 3.45. The molecule has 0 saturated heterocycles. The third-order valence-corrected chi connectivity index (χ3v) is 4.81. The van der Waals surface area contributed by atoms with Crippen LogP contribution in [-0.4, -0.2) is 36.1 Å². The van der Waals surface area contributed by atoms with E-state index in [4.69, 9.17) is 9.47 Å². The number of fused-ring (bicyclic) bond motifs is 2. The van der Waals surface area contributed by atoms with Gasteiger partial charge in [0.2, 0.25) is 11.8 Å². The topological polar surface area (TPSA) is 92.5 Å². The highest BCUT2D eigenvalue weighted by Gasteiger charge is 2.22. The highest BCUT2D eigenvalue weighted by molar-refractivity contribution is 5.98. The predicted molar refractivity (Wildman–Crippen MR) is 110 cm³/mol. The summed E-state index contributed by atoms with van der Waals surface area (Å²) in [5.41, 5.74) is 2.55. The lowest BCUT2D eigenvalue weighted by Gasteiger charge is -2.18. The summed E-state index contributed by atoms with van der Waals surface area (Å²) in [6.07, 6.45) is 3.06. The first kappa shape index (κ1) is 18.9. The van der Waals surface area contributed by atoms with Crippen molar-refractivity contribution in [3.8, 4) is 11.5 Å². The van der Waals surface area contributed by atoms with Crippen molar-refractivity contribution in [3.63, 3.8) is 0 Å². The van der Waals surface area contributed by atoms with Crippen LogP contribution in [0, 0.1) is 0 Å². The van der Waals surface area contributed by atoms with Crippen molar-refractivity contribution < 1.29 is 19.1 Å². The molecular weight excluding hydrogens is 370 g/mol. The molecule has 1 aromatic heterocycles. The first-order valence-corrected chi connectivity index (χ1v) is 9.63. The number of H-pyrrole nitrogens is 1. The van der Waals surface area contributed by atoms with E-state index in [-0.39, 0.29) is 11.8 Å². The zero-order valence-corrected chi connectivity index (χ0v) is 16.2. The largest absolute Gasteiger partial charge is 0.490 e. The summed E-state index contributed by atoms with van der Waals surface area (Å²) < 4.78 is 11.3.